The first kappa shape index (κ1) is 21.0. The Morgan fingerprint density at radius 2 is 1.83 bits per heavy atom. The third-order valence-corrected chi connectivity index (χ3v) is 6.02. The molecule has 0 aliphatic carbocycles. The number of hydrogen-bond acceptors (Lipinski definition) is 5. The number of hydrogen-bond donors (Lipinski definition) is 1. The van der Waals surface area contributed by atoms with Crippen molar-refractivity contribution < 1.29 is 22.7 Å². The van der Waals surface area contributed by atoms with Gasteiger partial charge in [0.15, 0.2) is 11.5 Å². The van der Waals surface area contributed by atoms with Crippen molar-refractivity contribution in [2.75, 3.05) is 35.6 Å². The SMILES string of the molecule is Cc1cccc(N(CCCC(=O)Nc2ccc3c(c2)OCCO3)S(C)(=O)=O)c1C. The van der Waals surface area contributed by atoms with Gasteiger partial charge in [0.2, 0.25) is 15.9 Å². The molecule has 3 rings (SSSR count). The topological polar surface area (TPSA) is 84.9 Å². The number of carbonyl (C=O) groups excluding carboxylic acids is 1. The van der Waals surface area contributed by atoms with Gasteiger partial charge in [-0.25, -0.2) is 8.42 Å². The van der Waals surface area contributed by atoms with Gasteiger partial charge in [-0.3, -0.25) is 9.10 Å². The van der Waals surface area contributed by atoms with Crippen LogP contribution in [-0.4, -0.2) is 40.3 Å². The maximum Gasteiger partial charge on any atom is 0.232 e. The molecule has 7 nitrogen and oxygen atoms in total. The molecule has 1 heterocycles. The third-order valence-electron chi connectivity index (χ3n) is 4.84. The van der Waals surface area contributed by atoms with Gasteiger partial charge in [0.05, 0.1) is 11.9 Å². The fraction of sp³-hybridized carbons (Fsp3) is 0.381. The molecule has 0 unspecified atom stereocenters. The smallest absolute Gasteiger partial charge is 0.232 e. The molecule has 0 saturated heterocycles. The summed E-state index contributed by atoms with van der Waals surface area (Å²) >= 11 is 0. The molecule has 1 amide bonds. The summed E-state index contributed by atoms with van der Waals surface area (Å²) in [6.45, 7) is 5.06. The van der Waals surface area contributed by atoms with Crippen LogP contribution in [0.4, 0.5) is 11.4 Å². The van der Waals surface area contributed by atoms with Gasteiger partial charge >= 0.3 is 0 Å². The monoisotopic (exact) mass is 418 g/mol. The van der Waals surface area contributed by atoms with E-state index in [-0.39, 0.29) is 18.9 Å². The van der Waals surface area contributed by atoms with Crippen molar-refractivity contribution in [3.05, 3.63) is 47.5 Å². The van der Waals surface area contributed by atoms with Gasteiger partial charge in [-0.1, -0.05) is 12.1 Å². The third kappa shape index (κ3) is 5.20. The summed E-state index contributed by atoms with van der Waals surface area (Å²) in [4.78, 5) is 12.3. The van der Waals surface area contributed by atoms with Gasteiger partial charge in [-0.05, 0) is 49.6 Å². The van der Waals surface area contributed by atoms with E-state index in [0.717, 1.165) is 11.1 Å². The van der Waals surface area contributed by atoms with E-state index in [2.05, 4.69) is 5.32 Å². The molecule has 0 spiro atoms. The quantitative estimate of drug-likeness (QED) is 0.746. The molecule has 0 saturated carbocycles. The highest BCUT2D eigenvalue weighted by atomic mass is 32.2. The lowest BCUT2D eigenvalue weighted by molar-refractivity contribution is -0.116. The molecule has 8 heteroatoms. The second-order valence-electron chi connectivity index (χ2n) is 7.06. The van der Waals surface area contributed by atoms with Gasteiger partial charge in [0.25, 0.3) is 0 Å². The number of carbonyl (C=O) groups is 1. The van der Waals surface area contributed by atoms with E-state index in [9.17, 15) is 13.2 Å². The van der Waals surface area contributed by atoms with Crippen LogP contribution in [0.3, 0.4) is 0 Å². The van der Waals surface area contributed by atoms with Crippen LogP contribution in [0.1, 0.15) is 24.0 Å². The molecule has 29 heavy (non-hydrogen) atoms. The number of nitrogens with zero attached hydrogens (tertiary/aromatic N) is 1. The Labute approximate surface area is 171 Å². The highest BCUT2D eigenvalue weighted by molar-refractivity contribution is 7.92. The van der Waals surface area contributed by atoms with Gasteiger partial charge in [-0.15, -0.1) is 0 Å². The molecule has 0 atom stereocenters. The number of ether oxygens (including phenoxy) is 2. The maximum absolute atomic E-state index is 12.3. The molecular weight excluding hydrogens is 392 g/mol. The fourth-order valence-corrected chi connectivity index (χ4v) is 4.21. The number of fused-ring (bicyclic) bond motifs is 1. The molecule has 1 aliphatic rings. The van der Waals surface area contributed by atoms with Gasteiger partial charge in [0.1, 0.15) is 13.2 Å². The Hall–Kier alpha value is -2.74. The highest BCUT2D eigenvalue weighted by Gasteiger charge is 2.20. The number of nitrogens with one attached hydrogen (secondary N) is 1. The van der Waals surface area contributed by atoms with Crippen LogP contribution in [0.2, 0.25) is 0 Å². The zero-order chi connectivity index (χ0) is 21.0. The minimum Gasteiger partial charge on any atom is -0.486 e. The van der Waals surface area contributed by atoms with E-state index in [0.29, 0.717) is 42.5 Å². The van der Waals surface area contributed by atoms with Crippen molar-refractivity contribution in [3.63, 3.8) is 0 Å². The molecule has 0 bridgehead atoms. The minimum absolute atomic E-state index is 0.184. The Balaban J connectivity index is 1.61. The lowest BCUT2D eigenvalue weighted by atomic mass is 10.1. The fourth-order valence-electron chi connectivity index (χ4n) is 3.20. The molecule has 0 fully saturated rings. The van der Waals surface area contributed by atoms with E-state index < -0.39 is 10.0 Å². The van der Waals surface area contributed by atoms with Crippen molar-refractivity contribution >= 4 is 27.3 Å². The molecule has 0 aromatic heterocycles. The normalized spacial score (nSPS) is 13.1. The van der Waals surface area contributed by atoms with Crippen molar-refractivity contribution in [1.82, 2.24) is 0 Å². The average Bonchev–Trinajstić information content (AvgIpc) is 2.67. The zero-order valence-corrected chi connectivity index (χ0v) is 17.7. The van der Waals surface area contributed by atoms with Crippen LogP contribution in [0.25, 0.3) is 0 Å². The van der Waals surface area contributed by atoms with Crippen molar-refractivity contribution in [2.24, 2.45) is 0 Å². The van der Waals surface area contributed by atoms with Crippen LogP contribution in [0, 0.1) is 13.8 Å². The number of benzene rings is 2. The lowest BCUT2D eigenvalue weighted by Gasteiger charge is -2.25. The van der Waals surface area contributed by atoms with Crippen molar-refractivity contribution in [3.8, 4) is 11.5 Å². The van der Waals surface area contributed by atoms with E-state index >= 15 is 0 Å². The first-order valence-electron chi connectivity index (χ1n) is 9.49. The Morgan fingerprint density at radius 3 is 2.55 bits per heavy atom. The number of amides is 1. The minimum atomic E-state index is -3.45. The standard InChI is InChI=1S/C21H26N2O5S/c1-15-6-4-7-18(16(15)2)23(29(3,25)26)11-5-8-21(24)22-17-9-10-19-20(14-17)28-13-12-27-19/h4,6-7,9-10,14H,5,8,11-13H2,1-3H3,(H,22,24). The van der Waals surface area contributed by atoms with E-state index in [1.165, 1.54) is 10.6 Å². The molecule has 2 aromatic carbocycles. The van der Waals surface area contributed by atoms with Gasteiger partial charge in [-0.2, -0.15) is 0 Å². The summed E-state index contributed by atoms with van der Waals surface area (Å²) in [6, 6.07) is 10.8. The summed E-state index contributed by atoms with van der Waals surface area (Å²) in [5.74, 6) is 1.08. The largest absolute Gasteiger partial charge is 0.486 e. The molecule has 1 N–H and O–H groups in total. The summed E-state index contributed by atoms with van der Waals surface area (Å²) in [5.41, 5.74) is 3.21. The molecule has 2 aromatic rings. The number of sulfonamides is 1. The van der Waals surface area contributed by atoms with Crippen LogP contribution in [-0.2, 0) is 14.8 Å². The lowest BCUT2D eigenvalue weighted by Crippen LogP contribution is -2.32. The maximum atomic E-state index is 12.3. The predicted molar refractivity (Wildman–Crippen MR) is 113 cm³/mol. The Morgan fingerprint density at radius 1 is 1.10 bits per heavy atom. The second-order valence-corrected chi connectivity index (χ2v) is 8.97. The summed E-state index contributed by atoms with van der Waals surface area (Å²) in [7, 11) is -3.45. The summed E-state index contributed by atoms with van der Waals surface area (Å²) in [5, 5.41) is 2.82. The van der Waals surface area contributed by atoms with Crippen LogP contribution in [0.5, 0.6) is 11.5 Å². The summed E-state index contributed by atoms with van der Waals surface area (Å²) < 4.78 is 36.9. The number of aryl methyl sites for hydroxylation is 1. The molecule has 156 valence electrons. The summed E-state index contributed by atoms with van der Waals surface area (Å²) in [6.07, 6.45) is 1.78. The van der Waals surface area contributed by atoms with Crippen LogP contribution < -0.4 is 19.1 Å². The molecule has 0 radical (unpaired) electrons. The average molecular weight is 419 g/mol. The first-order valence-corrected chi connectivity index (χ1v) is 11.3. The number of rotatable bonds is 7. The van der Waals surface area contributed by atoms with Gasteiger partial charge < -0.3 is 14.8 Å². The van der Waals surface area contributed by atoms with E-state index in [4.69, 9.17) is 9.47 Å². The van der Waals surface area contributed by atoms with Crippen LogP contribution in [0.15, 0.2) is 36.4 Å². The predicted octanol–water partition coefficient (Wildman–Crippen LogP) is 3.26. The highest BCUT2D eigenvalue weighted by Crippen LogP contribution is 2.32. The first-order chi connectivity index (χ1) is 13.8. The van der Waals surface area contributed by atoms with Crippen molar-refractivity contribution in [2.45, 2.75) is 26.7 Å². The number of anilines is 2. The zero-order valence-electron chi connectivity index (χ0n) is 16.9. The van der Waals surface area contributed by atoms with E-state index in [1.54, 1.807) is 24.3 Å². The van der Waals surface area contributed by atoms with Crippen molar-refractivity contribution in [1.29, 1.82) is 0 Å². The Kier molecular flexibility index (Phi) is 6.32. The second kappa shape index (κ2) is 8.73. The van der Waals surface area contributed by atoms with E-state index in [1.807, 2.05) is 26.0 Å². The van der Waals surface area contributed by atoms with Gasteiger partial charge in [0, 0.05) is 24.7 Å². The van der Waals surface area contributed by atoms with Crippen LogP contribution >= 0.6 is 0 Å². The molecule has 1 aliphatic heterocycles. The Bertz CT molecular complexity index is 1000. The molecular formula is C21H26N2O5S.